The molecule has 0 aromatic heterocycles. The van der Waals surface area contributed by atoms with Crippen LogP contribution in [0.3, 0.4) is 0 Å². The van der Waals surface area contributed by atoms with Crippen molar-refractivity contribution in [2.24, 2.45) is 0 Å². The fraction of sp³-hybridized carbons (Fsp3) is 0.545. The second-order valence-electron chi connectivity index (χ2n) is 7.86. The predicted molar refractivity (Wildman–Crippen MR) is 114 cm³/mol. The van der Waals surface area contributed by atoms with E-state index in [-0.39, 0.29) is 24.1 Å². The molecular formula is C22H30N4O4. The maximum absolute atomic E-state index is 12.2. The molecule has 0 aliphatic carbocycles. The van der Waals surface area contributed by atoms with Gasteiger partial charge in [0.1, 0.15) is 0 Å². The Morgan fingerprint density at radius 1 is 0.967 bits per heavy atom. The number of likely N-dealkylation sites (tertiary alicyclic amines) is 1. The molecule has 162 valence electrons. The molecule has 0 bridgehead atoms. The van der Waals surface area contributed by atoms with Gasteiger partial charge in [-0.1, -0.05) is 12.5 Å². The van der Waals surface area contributed by atoms with Gasteiger partial charge in [0, 0.05) is 50.3 Å². The number of imide groups is 1. The van der Waals surface area contributed by atoms with E-state index in [1.165, 1.54) is 11.3 Å². The highest BCUT2D eigenvalue weighted by Gasteiger charge is 2.24. The number of benzene rings is 1. The van der Waals surface area contributed by atoms with Crippen LogP contribution in [0.1, 0.15) is 57.8 Å². The number of urea groups is 1. The van der Waals surface area contributed by atoms with E-state index in [1.807, 2.05) is 4.90 Å². The minimum absolute atomic E-state index is 0.0900. The molecular weight excluding hydrogens is 384 g/mol. The molecule has 30 heavy (non-hydrogen) atoms. The molecule has 0 radical (unpaired) electrons. The van der Waals surface area contributed by atoms with E-state index in [4.69, 9.17) is 0 Å². The number of hydrogen-bond donors (Lipinski definition) is 2. The standard InChI is InChI=1S/C22H30N4O4/c27-19(10-3-1-4-11-21(29)25-13-5-2-6-14-25)23-17-8-7-9-18(16-17)26-15-12-20(28)24-22(26)30/h7-9,16H,1-6,10-15H2,(H,23,27)(H,24,28,30). The van der Waals surface area contributed by atoms with Crippen LogP contribution in [-0.2, 0) is 14.4 Å². The van der Waals surface area contributed by atoms with Crippen molar-refractivity contribution in [2.45, 2.75) is 57.8 Å². The Morgan fingerprint density at radius 3 is 2.50 bits per heavy atom. The number of carbonyl (C=O) groups is 4. The maximum Gasteiger partial charge on any atom is 0.328 e. The molecule has 0 atom stereocenters. The van der Waals surface area contributed by atoms with E-state index in [0.29, 0.717) is 30.8 Å². The molecule has 2 fully saturated rings. The molecule has 0 saturated carbocycles. The number of carbonyl (C=O) groups excluding carboxylic acids is 4. The second-order valence-corrected chi connectivity index (χ2v) is 7.86. The van der Waals surface area contributed by atoms with Gasteiger partial charge in [0.2, 0.25) is 17.7 Å². The number of amides is 5. The van der Waals surface area contributed by atoms with E-state index >= 15 is 0 Å². The highest BCUT2D eigenvalue weighted by molar-refractivity contribution is 6.06. The lowest BCUT2D eigenvalue weighted by Gasteiger charge is -2.26. The second kappa shape index (κ2) is 10.8. The summed E-state index contributed by atoms with van der Waals surface area (Å²) in [6.45, 7) is 2.09. The highest BCUT2D eigenvalue weighted by atomic mass is 16.2. The molecule has 8 heteroatoms. The Hall–Kier alpha value is -2.90. The van der Waals surface area contributed by atoms with Gasteiger partial charge in [-0.25, -0.2) is 4.79 Å². The van der Waals surface area contributed by atoms with Crippen LogP contribution in [0.25, 0.3) is 0 Å². The Labute approximate surface area is 177 Å². The van der Waals surface area contributed by atoms with Crippen LogP contribution in [-0.4, -0.2) is 48.3 Å². The summed E-state index contributed by atoms with van der Waals surface area (Å²) >= 11 is 0. The van der Waals surface area contributed by atoms with Crippen LogP contribution >= 0.6 is 0 Å². The molecule has 2 N–H and O–H groups in total. The highest BCUT2D eigenvalue weighted by Crippen LogP contribution is 2.22. The third-order valence-corrected chi connectivity index (χ3v) is 5.50. The first-order valence-electron chi connectivity index (χ1n) is 10.8. The van der Waals surface area contributed by atoms with E-state index in [9.17, 15) is 19.2 Å². The summed E-state index contributed by atoms with van der Waals surface area (Å²) < 4.78 is 0. The first-order chi connectivity index (χ1) is 14.5. The quantitative estimate of drug-likeness (QED) is 0.639. The van der Waals surface area contributed by atoms with Gasteiger partial charge in [-0.3, -0.25) is 24.6 Å². The number of unbranched alkanes of at least 4 members (excludes halogenated alkanes) is 2. The third-order valence-electron chi connectivity index (χ3n) is 5.50. The van der Waals surface area contributed by atoms with Crippen molar-refractivity contribution in [3.8, 4) is 0 Å². The average molecular weight is 415 g/mol. The summed E-state index contributed by atoms with van der Waals surface area (Å²) in [5.74, 6) is -0.134. The fourth-order valence-electron chi connectivity index (χ4n) is 3.83. The Bertz CT molecular complexity index is 789. The summed E-state index contributed by atoms with van der Waals surface area (Å²) in [7, 11) is 0. The number of rotatable bonds is 8. The first-order valence-corrected chi connectivity index (χ1v) is 10.8. The SMILES string of the molecule is O=C1CCN(c2cccc(NC(=O)CCCCCC(=O)N3CCCCC3)c2)C(=O)N1. The van der Waals surface area contributed by atoms with Crippen molar-refractivity contribution < 1.29 is 19.2 Å². The average Bonchev–Trinajstić information content (AvgIpc) is 2.74. The first kappa shape index (κ1) is 21.8. The summed E-state index contributed by atoms with van der Waals surface area (Å²) in [4.78, 5) is 51.1. The zero-order valence-corrected chi connectivity index (χ0v) is 17.3. The normalized spacial score (nSPS) is 16.9. The molecule has 2 saturated heterocycles. The van der Waals surface area contributed by atoms with Crippen molar-refractivity contribution in [1.29, 1.82) is 0 Å². The van der Waals surface area contributed by atoms with Crippen LogP contribution in [0.5, 0.6) is 0 Å². The number of nitrogens with zero attached hydrogens (tertiary/aromatic N) is 2. The minimum Gasteiger partial charge on any atom is -0.343 e. The summed E-state index contributed by atoms with van der Waals surface area (Å²) in [6, 6.07) is 6.58. The van der Waals surface area contributed by atoms with Gasteiger partial charge in [0.05, 0.1) is 0 Å². The van der Waals surface area contributed by atoms with Crippen molar-refractivity contribution in [3.63, 3.8) is 0 Å². The molecule has 3 rings (SSSR count). The molecule has 0 spiro atoms. The van der Waals surface area contributed by atoms with E-state index < -0.39 is 6.03 Å². The van der Waals surface area contributed by atoms with Crippen molar-refractivity contribution in [3.05, 3.63) is 24.3 Å². The van der Waals surface area contributed by atoms with E-state index in [2.05, 4.69) is 10.6 Å². The van der Waals surface area contributed by atoms with Crippen LogP contribution in [0.15, 0.2) is 24.3 Å². The Balaban J connectivity index is 1.37. The molecule has 5 amide bonds. The molecule has 2 aliphatic rings. The minimum atomic E-state index is -0.450. The monoisotopic (exact) mass is 414 g/mol. The molecule has 8 nitrogen and oxygen atoms in total. The lowest BCUT2D eigenvalue weighted by Crippen LogP contribution is -2.49. The number of anilines is 2. The smallest absolute Gasteiger partial charge is 0.328 e. The van der Waals surface area contributed by atoms with Gasteiger partial charge in [-0.05, 0) is 50.3 Å². The Kier molecular flexibility index (Phi) is 7.82. The van der Waals surface area contributed by atoms with Gasteiger partial charge in [0.25, 0.3) is 0 Å². The Morgan fingerprint density at radius 2 is 1.73 bits per heavy atom. The maximum atomic E-state index is 12.2. The molecule has 0 unspecified atom stereocenters. The van der Waals surface area contributed by atoms with E-state index in [1.54, 1.807) is 24.3 Å². The van der Waals surface area contributed by atoms with Gasteiger partial charge in [-0.2, -0.15) is 0 Å². The number of hydrogen-bond acceptors (Lipinski definition) is 4. The molecule has 2 aliphatic heterocycles. The summed E-state index contributed by atoms with van der Waals surface area (Å²) in [5, 5.41) is 5.15. The van der Waals surface area contributed by atoms with E-state index in [0.717, 1.165) is 45.2 Å². The summed E-state index contributed by atoms with van der Waals surface area (Å²) in [5.41, 5.74) is 1.25. The van der Waals surface area contributed by atoms with Gasteiger partial charge < -0.3 is 10.2 Å². The van der Waals surface area contributed by atoms with Crippen molar-refractivity contribution >= 4 is 35.1 Å². The molecule has 1 aromatic rings. The zero-order chi connectivity index (χ0) is 21.3. The zero-order valence-electron chi connectivity index (χ0n) is 17.3. The van der Waals surface area contributed by atoms with Gasteiger partial charge in [-0.15, -0.1) is 0 Å². The van der Waals surface area contributed by atoms with Crippen LogP contribution < -0.4 is 15.5 Å². The lowest BCUT2D eigenvalue weighted by atomic mass is 10.1. The van der Waals surface area contributed by atoms with Crippen molar-refractivity contribution in [2.75, 3.05) is 29.9 Å². The van der Waals surface area contributed by atoms with Crippen LogP contribution in [0.2, 0.25) is 0 Å². The van der Waals surface area contributed by atoms with Crippen LogP contribution in [0, 0.1) is 0 Å². The predicted octanol–water partition coefficient (Wildman–Crippen LogP) is 3.03. The molecule has 1 aromatic carbocycles. The lowest BCUT2D eigenvalue weighted by molar-refractivity contribution is -0.132. The summed E-state index contributed by atoms with van der Waals surface area (Å²) in [6.07, 6.45) is 7.01. The van der Waals surface area contributed by atoms with Gasteiger partial charge >= 0.3 is 6.03 Å². The largest absolute Gasteiger partial charge is 0.343 e. The molecule has 2 heterocycles. The fourth-order valence-corrected chi connectivity index (χ4v) is 3.83. The topological polar surface area (TPSA) is 98.8 Å². The number of piperidine rings is 1. The number of nitrogens with one attached hydrogen (secondary N) is 2. The van der Waals surface area contributed by atoms with Gasteiger partial charge in [0.15, 0.2) is 0 Å². The third kappa shape index (κ3) is 6.30. The van der Waals surface area contributed by atoms with Crippen LogP contribution in [0.4, 0.5) is 16.2 Å². The van der Waals surface area contributed by atoms with Crippen molar-refractivity contribution in [1.82, 2.24) is 10.2 Å².